The number of benzene rings is 1. The lowest BCUT2D eigenvalue weighted by molar-refractivity contribution is -0.143. The smallest absolute Gasteiger partial charge is 0.326 e. The van der Waals surface area contributed by atoms with Crippen molar-refractivity contribution in [1.29, 1.82) is 0 Å². The van der Waals surface area contributed by atoms with Crippen LogP contribution in [-0.2, 0) is 25.6 Å². The highest BCUT2D eigenvalue weighted by Crippen LogP contribution is 2.14. The van der Waals surface area contributed by atoms with Crippen LogP contribution in [0.2, 0.25) is 0 Å². The number of phenols is 1. The van der Waals surface area contributed by atoms with Crippen LogP contribution < -0.4 is 27.4 Å². The highest BCUT2D eigenvalue weighted by molar-refractivity contribution is 5.94. The Bertz CT molecular complexity index is 910. The fraction of sp³-hybridized carbons (Fsp3) is 0.630. The number of nitrogens with one attached hydrogen (secondary N) is 3. The van der Waals surface area contributed by atoms with E-state index in [0.29, 0.717) is 32.2 Å². The minimum absolute atomic E-state index is 0.102. The molecule has 0 bridgehead atoms. The number of rotatable bonds is 17. The standard InChI is InChI=1S/C27H45N5O6/c1-5-16(3)22(25(35)30-21(27(37)38)9-7-8-14-28)32-26(36)23(17(4)6-2)31-24(34)20(29)15-18-10-12-19(33)13-11-18/h10-13,16-17,20-23,33H,5-9,14-15,28-29H2,1-4H3,(H,30,35)(H,31,34)(H,32,36)(H,37,38). The van der Waals surface area contributed by atoms with Crippen LogP contribution in [0.25, 0.3) is 0 Å². The van der Waals surface area contributed by atoms with Gasteiger partial charge >= 0.3 is 5.97 Å². The van der Waals surface area contributed by atoms with Crippen LogP contribution in [-0.4, -0.2) is 64.6 Å². The summed E-state index contributed by atoms with van der Waals surface area (Å²) >= 11 is 0. The molecule has 1 aromatic rings. The number of carboxylic acids is 1. The number of nitrogens with two attached hydrogens (primary N) is 2. The summed E-state index contributed by atoms with van der Waals surface area (Å²) in [6, 6.07) is 2.37. The second-order valence-electron chi connectivity index (χ2n) is 9.90. The number of hydrogen-bond acceptors (Lipinski definition) is 7. The van der Waals surface area contributed by atoms with Gasteiger partial charge in [0.25, 0.3) is 0 Å². The van der Waals surface area contributed by atoms with Crippen LogP contribution >= 0.6 is 0 Å². The molecule has 38 heavy (non-hydrogen) atoms. The number of phenolic OH excluding ortho intramolecular Hbond substituents is 1. The normalized spacial score (nSPS) is 15.8. The molecule has 0 aliphatic heterocycles. The number of hydrogen-bond donors (Lipinski definition) is 7. The van der Waals surface area contributed by atoms with E-state index >= 15 is 0 Å². The van der Waals surface area contributed by atoms with E-state index in [9.17, 15) is 29.4 Å². The summed E-state index contributed by atoms with van der Waals surface area (Å²) in [6.07, 6.45) is 2.75. The summed E-state index contributed by atoms with van der Waals surface area (Å²) in [4.78, 5) is 51.0. The van der Waals surface area contributed by atoms with E-state index in [-0.39, 0.29) is 30.4 Å². The van der Waals surface area contributed by atoms with Crippen molar-refractivity contribution in [2.75, 3.05) is 6.54 Å². The van der Waals surface area contributed by atoms with Gasteiger partial charge in [0.05, 0.1) is 6.04 Å². The predicted octanol–water partition coefficient (Wildman–Crippen LogP) is 1.02. The fourth-order valence-electron chi connectivity index (χ4n) is 3.90. The van der Waals surface area contributed by atoms with E-state index in [0.717, 1.165) is 5.56 Å². The molecule has 0 radical (unpaired) electrons. The Balaban J connectivity index is 2.98. The maximum atomic E-state index is 13.4. The summed E-state index contributed by atoms with van der Waals surface area (Å²) in [5, 5.41) is 27.0. The highest BCUT2D eigenvalue weighted by Gasteiger charge is 2.34. The maximum absolute atomic E-state index is 13.4. The predicted molar refractivity (Wildman–Crippen MR) is 145 cm³/mol. The summed E-state index contributed by atoms with van der Waals surface area (Å²) in [7, 11) is 0. The second kappa shape index (κ2) is 16.6. The fourth-order valence-corrected chi connectivity index (χ4v) is 3.90. The summed E-state index contributed by atoms with van der Waals surface area (Å²) < 4.78 is 0. The topological polar surface area (TPSA) is 197 Å². The molecular formula is C27H45N5O6. The van der Waals surface area contributed by atoms with Crippen molar-refractivity contribution in [1.82, 2.24) is 16.0 Å². The number of aliphatic carboxylic acids is 1. The van der Waals surface area contributed by atoms with Crippen molar-refractivity contribution in [3.05, 3.63) is 29.8 Å². The molecule has 11 nitrogen and oxygen atoms in total. The maximum Gasteiger partial charge on any atom is 0.326 e. The molecule has 9 N–H and O–H groups in total. The van der Waals surface area contributed by atoms with Crippen LogP contribution in [0.5, 0.6) is 5.75 Å². The van der Waals surface area contributed by atoms with Crippen LogP contribution in [0.3, 0.4) is 0 Å². The number of carbonyl (C=O) groups is 4. The van der Waals surface area contributed by atoms with Crippen molar-refractivity contribution >= 4 is 23.7 Å². The van der Waals surface area contributed by atoms with E-state index in [1.54, 1.807) is 19.1 Å². The van der Waals surface area contributed by atoms with Crippen molar-refractivity contribution in [2.45, 2.75) is 90.4 Å². The molecule has 0 saturated heterocycles. The Hall–Kier alpha value is -3.18. The zero-order valence-corrected chi connectivity index (χ0v) is 22.9. The molecule has 0 aliphatic carbocycles. The minimum Gasteiger partial charge on any atom is -0.508 e. The van der Waals surface area contributed by atoms with Crippen LogP contribution in [0.1, 0.15) is 65.4 Å². The van der Waals surface area contributed by atoms with Crippen LogP contribution in [0.4, 0.5) is 0 Å². The van der Waals surface area contributed by atoms with Gasteiger partial charge in [-0.25, -0.2) is 4.79 Å². The van der Waals surface area contributed by atoms with Gasteiger partial charge < -0.3 is 37.6 Å². The Kier molecular flexibility index (Phi) is 14.4. The third-order valence-corrected chi connectivity index (χ3v) is 6.88. The molecule has 6 unspecified atom stereocenters. The highest BCUT2D eigenvalue weighted by atomic mass is 16.4. The zero-order chi connectivity index (χ0) is 28.8. The molecule has 0 aromatic heterocycles. The molecular weight excluding hydrogens is 490 g/mol. The lowest BCUT2D eigenvalue weighted by atomic mass is 9.94. The minimum atomic E-state index is -1.16. The Labute approximate surface area is 225 Å². The van der Waals surface area contributed by atoms with Crippen molar-refractivity contribution in [3.8, 4) is 5.75 Å². The number of aromatic hydroxyl groups is 1. The molecule has 0 spiro atoms. The monoisotopic (exact) mass is 535 g/mol. The van der Waals surface area contributed by atoms with Crippen LogP contribution in [0, 0.1) is 11.8 Å². The molecule has 0 aliphatic rings. The SMILES string of the molecule is CCC(C)C(NC(=O)C(N)Cc1ccc(O)cc1)C(=O)NC(C(=O)NC(CCCCN)C(=O)O)C(C)CC. The Morgan fingerprint density at radius 3 is 1.82 bits per heavy atom. The Morgan fingerprint density at radius 1 is 0.842 bits per heavy atom. The summed E-state index contributed by atoms with van der Waals surface area (Å²) in [5.74, 6) is -3.26. The third-order valence-electron chi connectivity index (χ3n) is 6.88. The molecule has 0 heterocycles. The lowest BCUT2D eigenvalue weighted by Gasteiger charge is -2.30. The van der Waals surface area contributed by atoms with E-state index < -0.39 is 47.9 Å². The van der Waals surface area contributed by atoms with Gasteiger partial charge in [0.2, 0.25) is 17.7 Å². The van der Waals surface area contributed by atoms with Gasteiger partial charge in [0.15, 0.2) is 0 Å². The van der Waals surface area contributed by atoms with Gasteiger partial charge in [-0.05, 0) is 61.8 Å². The van der Waals surface area contributed by atoms with Crippen LogP contribution in [0.15, 0.2) is 24.3 Å². The van der Waals surface area contributed by atoms with Crippen molar-refractivity contribution < 1.29 is 29.4 Å². The van der Waals surface area contributed by atoms with Crippen molar-refractivity contribution in [3.63, 3.8) is 0 Å². The summed E-state index contributed by atoms with van der Waals surface area (Å²) in [5.41, 5.74) is 12.3. The zero-order valence-electron chi connectivity index (χ0n) is 22.9. The second-order valence-corrected chi connectivity index (χ2v) is 9.90. The van der Waals surface area contributed by atoms with E-state index in [4.69, 9.17) is 11.5 Å². The first-order chi connectivity index (χ1) is 17.9. The molecule has 214 valence electrons. The Morgan fingerprint density at radius 2 is 1.34 bits per heavy atom. The molecule has 0 fully saturated rings. The lowest BCUT2D eigenvalue weighted by Crippen LogP contribution is -2.60. The molecule has 6 atom stereocenters. The van der Waals surface area contributed by atoms with Crippen molar-refractivity contribution in [2.24, 2.45) is 23.3 Å². The van der Waals surface area contributed by atoms with Gasteiger partial charge in [-0.3, -0.25) is 14.4 Å². The molecule has 11 heteroatoms. The quantitative estimate of drug-likeness (QED) is 0.143. The largest absolute Gasteiger partial charge is 0.508 e. The first-order valence-corrected chi connectivity index (χ1v) is 13.3. The van der Waals surface area contributed by atoms with Gasteiger partial charge in [0.1, 0.15) is 23.9 Å². The number of carboxylic acid groups (broad SMARTS) is 1. The van der Waals surface area contributed by atoms with Gasteiger partial charge in [-0.2, -0.15) is 0 Å². The first-order valence-electron chi connectivity index (χ1n) is 13.3. The number of amides is 3. The molecule has 1 rings (SSSR count). The van der Waals surface area contributed by atoms with E-state index in [1.807, 2.05) is 20.8 Å². The van der Waals surface area contributed by atoms with Gasteiger partial charge in [0, 0.05) is 0 Å². The molecule has 3 amide bonds. The first kappa shape index (κ1) is 32.8. The molecule has 0 saturated carbocycles. The number of unbranched alkanes of at least 4 members (excludes halogenated alkanes) is 1. The van der Waals surface area contributed by atoms with Gasteiger partial charge in [-0.15, -0.1) is 0 Å². The average Bonchev–Trinajstić information content (AvgIpc) is 2.89. The molecule has 1 aromatic carbocycles. The summed E-state index contributed by atoms with van der Waals surface area (Å²) in [6.45, 7) is 7.77. The number of carbonyl (C=O) groups excluding carboxylic acids is 3. The van der Waals surface area contributed by atoms with Gasteiger partial charge in [-0.1, -0.05) is 52.7 Å². The third kappa shape index (κ3) is 10.7. The van der Waals surface area contributed by atoms with E-state index in [2.05, 4.69) is 16.0 Å². The van der Waals surface area contributed by atoms with E-state index in [1.165, 1.54) is 12.1 Å². The average molecular weight is 536 g/mol.